The Kier molecular flexibility index (Phi) is 4.87. The van der Waals surface area contributed by atoms with Crippen LogP contribution in [0.15, 0.2) is 24.3 Å². The molecule has 1 fully saturated rings. The van der Waals surface area contributed by atoms with Gasteiger partial charge in [0, 0.05) is 12.2 Å². The van der Waals surface area contributed by atoms with Gasteiger partial charge in [0.2, 0.25) is 0 Å². The molecule has 1 aliphatic carbocycles. The molecule has 1 saturated carbocycles. The molecule has 0 amide bonds. The average molecular weight is 261 g/mol. The van der Waals surface area contributed by atoms with Crippen molar-refractivity contribution in [3.63, 3.8) is 0 Å². The molecule has 2 N–H and O–H groups in total. The predicted molar refractivity (Wildman–Crippen MR) is 81.7 cm³/mol. The molecule has 106 valence electrons. The first-order chi connectivity index (χ1) is 9.11. The van der Waals surface area contributed by atoms with Crippen molar-refractivity contribution in [1.82, 2.24) is 0 Å². The van der Waals surface area contributed by atoms with Crippen LogP contribution < -0.4 is 5.32 Å². The van der Waals surface area contributed by atoms with Gasteiger partial charge in [-0.2, -0.15) is 0 Å². The molecule has 19 heavy (non-hydrogen) atoms. The van der Waals surface area contributed by atoms with Crippen LogP contribution >= 0.6 is 0 Å². The van der Waals surface area contributed by atoms with Crippen molar-refractivity contribution in [2.75, 3.05) is 11.9 Å². The van der Waals surface area contributed by atoms with Crippen LogP contribution in [-0.2, 0) is 0 Å². The molecule has 2 nitrogen and oxygen atoms in total. The lowest BCUT2D eigenvalue weighted by Crippen LogP contribution is -2.36. The van der Waals surface area contributed by atoms with Crippen LogP contribution in [0.1, 0.15) is 63.9 Å². The van der Waals surface area contributed by atoms with Crippen LogP contribution in [0.25, 0.3) is 0 Å². The summed E-state index contributed by atoms with van der Waals surface area (Å²) in [6.07, 6.45) is 6.72. The van der Waals surface area contributed by atoms with Crippen molar-refractivity contribution in [3.8, 4) is 0 Å². The molecule has 0 spiro atoms. The maximum Gasteiger partial charge on any atom is 0.0819 e. The van der Waals surface area contributed by atoms with E-state index in [1.165, 1.54) is 24.1 Å². The van der Waals surface area contributed by atoms with E-state index in [0.29, 0.717) is 12.5 Å². The summed E-state index contributed by atoms with van der Waals surface area (Å²) in [5.74, 6) is 0.507. The van der Waals surface area contributed by atoms with Gasteiger partial charge < -0.3 is 10.4 Å². The first-order valence-electron chi connectivity index (χ1n) is 7.66. The van der Waals surface area contributed by atoms with E-state index in [-0.39, 0.29) is 0 Å². The zero-order valence-electron chi connectivity index (χ0n) is 12.3. The molecule has 0 aromatic heterocycles. The van der Waals surface area contributed by atoms with Crippen LogP contribution in [0.3, 0.4) is 0 Å². The fraction of sp³-hybridized carbons (Fsp3) is 0.647. The lowest BCUT2D eigenvalue weighted by Gasteiger charge is -2.28. The molecular weight excluding hydrogens is 234 g/mol. The highest BCUT2D eigenvalue weighted by molar-refractivity contribution is 5.52. The molecule has 0 saturated heterocycles. The largest absolute Gasteiger partial charge is 0.388 e. The van der Waals surface area contributed by atoms with E-state index in [1.54, 1.807) is 0 Å². The minimum absolute atomic E-state index is 0.507. The molecule has 0 atom stereocenters. The van der Waals surface area contributed by atoms with E-state index in [9.17, 15) is 5.11 Å². The Balaban J connectivity index is 2.01. The van der Waals surface area contributed by atoms with E-state index in [1.807, 2.05) is 0 Å². The predicted octanol–water partition coefficient (Wildman–Crippen LogP) is 4.31. The van der Waals surface area contributed by atoms with Gasteiger partial charge in [-0.3, -0.25) is 0 Å². The average Bonchev–Trinajstić information content (AvgIpc) is 2.62. The summed E-state index contributed by atoms with van der Waals surface area (Å²) in [6, 6.07) is 8.44. The smallest absolute Gasteiger partial charge is 0.0819 e. The van der Waals surface area contributed by atoms with Crippen molar-refractivity contribution < 1.29 is 5.11 Å². The van der Waals surface area contributed by atoms with Gasteiger partial charge in [0.25, 0.3) is 0 Å². The van der Waals surface area contributed by atoms with Gasteiger partial charge in [0.1, 0.15) is 0 Å². The van der Waals surface area contributed by atoms with Gasteiger partial charge in [-0.25, -0.2) is 0 Å². The van der Waals surface area contributed by atoms with Gasteiger partial charge >= 0.3 is 0 Å². The lowest BCUT2D eigenvalue weighted by atomic mass is 9.94. The summed E-state index contributed by atoms with van der Waals surface area (Å²) in [5, 5.41) is 14.2. The Morgan fingerprint density at radius 2 is 1.74 bits per heavy atom. The summed E-state index contributed by atoms with van der Waals surface area (Å²) in [6.45, 7) is 5.10. The summed E-state index contributed by atoms with van der Waals surface area (Å²) in [4.78, 5) is 0. The molecule has 0 aliphatic heterocycles. The Morgan fingerprint density at radius 1 is 1.11 bits per heavy atom. The summed E-state index contributed by atoms with van der Waals surface area (Å²) in [7, 11) is 0. The molecule has 1 aliphatic rings. The number of aliphatic hydroxyl groups is 1. The second-order valence-corrected chi connectivity index (χ2v) is 6.23. The quantitative estimate of drug-likeness (QED) is 0.792. The Morgan fingerprint density at radius 3 is 2.37 bits per heavy atom. The van der Waals surface area contributed by atoms with Crippen molar-refractivity contribution in [1.29, 1.82) is 0 Å². The molecule has 0 radical (unpaired) electrons. The zero-order valence-corrected chi connectivity index (χ0v) is 12.3. The highest BCUT2D eigenvalue weighted by Crippen LogP contribution is 2.29. The Labute approximate surface area is 117 Å². The molecule has 1 aromatic carbocycles. The standard InChI is InChI=1S/C17H27NO/c1-14(2)15-9-5-6-10-16(15)18-13-17(19)11-7-3-4-8-12-17/h5-6,9-10,14,18-19H,3-4,7-8,11-13H2,1-2H3. The summed E-state index contributed by atoms with van der Waals surface area (Å²) >= 11 is 0. The van der Waals surface area contributed by atoms with Crippen molar-refractivity contribution in [3.05, 3.63) is 29.8 Å². The van der Waals surface area contributed by atoms with E-state index < -0.39 is 5.60 Å². The minimum Gasteiger partial charge on any atom is -0.388 e. The first kappa shape index (κ1) is 14.4. The number of anilines is 1. The maximum absolute atomic E-state index is 10.7. The number of hydrogen-bond donors (Lipinski definition) is 2. The van der Waals surface area contributed by atoms with Crippen LogP contribution in [0.5, 0.6) is 0 Å². The van der Waals surface area contributed by atoms with E-state index in [0.717, 1.165) is 25.7 Å². The van der Waals surface area contributed by atoms with Crippen LogP contribution in [0, 0.1) is 0 Å². The third-order valence-electron chi connectivity index (χ3n) is 4.22. The van der Waals surface area contributed by atoms with Crippen molar-refractivity contribution >= 4 is 5.69 Å². The zero-order chi connectivity index (χ0) is 13.7. The van der Waals surface area contributed by atoms with Crippen LogP contribution in [-0.4, -0.2) is 17.3 Å². The summed E-state index contributed by atoms with van der Waals surface area (Å²) in [5.41, 5.74) is 2.00. The highest BCUT2D eigenvalue weighted by Gasteiger charge is 2.27. The Bertz CT molecular complexity index is 392. The summed E-state index contributed by atoms with van der Waals surface area (Å²) < 4.78 is 0. The molecule has 0 unspecified atom stereocenters. The Hall–Kier alpha value is -1.02. The maximum atomic E-state index is 10.7. The van der Waals surface area contributed by atoms with Gasteiger partial charge in [0.15, 0.2) is 0 Å². The third kappa shape index (κ3) is 3.97. The van der Waals surface area contributed by atoms with Gasteiger partial charge in [-0.1, -0.05) is 57.7 Å². The highest BCUT2D eigenvalue weighted by atomic mass is 16.3. The SMILES string of the molecule is CC(C)c1ccccc1NCC1(O)CCCCCC1. The lowest BCUT2D eigenvalue weighted by molar-refractivity contribution is 0.0381. The molecule has 0 heterocycles. The molecule has 2 rings (SSSR count). The van der Waals surface area contributed by atoms with E-state index >= 15 is 0 Å². The van der Waals surface area contributed by atoms with Gasteiger partial charge in [0.05, 0.1) is 5.60 Å². The van der Waals surface area contributed by atoms with Crippen LogP contribution in [0.2, 0.25) is 0 Å². The number of benzene rings is 1. The molecule has 0 bridgehead atoms. The van der Waals surface area contributed by atoms with Crippen molar-refractivity contribution in [2.24, 2.45) is 0 Å². The number of para-hydroxylation sites is 1. The number of hydrogen-bond acceptors (Lipinski definition) is 2. The van der Waals surface area contributed by atoms with E-state index in [2.05, 4.69) is 43.4 Å². The first-order valence-corrected chi connectivity index (χ1v) is 7.66. The molecule has 2 heteroatoms. The third-order valence-corrected chi connectivity index (χ3v) is 4.22. The topological polar surface area (TPSA) is 32.3 Å². The minimum atomic E-state index is -0.513. The van der Waals surface area contributed by atoms with Gasteiger partial charge in [-0.15, -0.1) is 0 Å². The second-order valence-electron chi connectivity index (χ2n) is 6.23. The fourth-order valence-electron chi connectivity index (χ4n) is 2.98. The normalized spacial score (nSPS) is 19.2. The van der Waals surface area contributed by atoms with Crippen molar-refractivity contribution in [2.45, 2.75) is 63.9 Å². The van der Waals surface area contributed by atoms with Crippen LogP contribution in [0.4, 0.5) is 5.69 Å². The fourth-order valence-corrected chi connectivity index (χ4v) is 2.98. The van der Waals surface area contributed by atoms with Gasteiger partial charge in [-0.05, 0) is 30.4 Å². The number of nitrogens with one attached hydrogen (secondary N) is 1. The molecular formula is C17H27NO. The number of rotatable bonds is 4. The monoisotopic (exact) mass is 261 g/mol. The molecule has 1 aromatic rings. The second kappa shape index (κ2) is 6.42. The van der Waals surface area contributed by atoms with E-state index in [4.69, 9.17) is 0 Å².